The van der Waals surface area contributed by atoms with E-state index in [4.69, 9.17) is 4.98 Å². The summed E-state index contributed by atoms with van der Waals surface area (Å²) >= 11 is 0. The van der Waals surface area contributed by atoms with Crippen LogP contribution in [-0.4, -0.2) is 15.9 Å². The molecule has 0 aliphatic carbocycles. The Balaban J connectivity index is 1.70. The van der Waals surface area contributed by atoms with Crippen molar-refractivity contribution in [2.75, 3.05) is 11.4 Å². The van der Waals surface area contributed by atoms with Crippen LogP contribution in [0.15, 0.2) is 84.6 Å². The fourth-order valence-corrected chi connectivity index (χ4v) is 4.75. The average Bonchev–Trinajstić information content (AvgIpc) is 3.23. The van der Waals surface area contributed by atoms with E-state index in [9.17, 15) is 5.26 Å². The number of anilines is 1. The zero-order valence-corrected chi connectivity index (χ0v) is 17.7. The summed E-state index contributed by atoms with van der Waals surface area (Å²) in [6.45, 7) is 2.99. The molecule has 3 heterocycles. The van der Waals surface area contributed by atoms with Crippen LogP contribution in [0.4, 0.5) is 5.69 Å². The molecule has 4 nitrogen and oxygen atoms in total. The minimum atomic E-state index is 0.593. The summed E-state index contributed by atoms with van der Waals surface area (Å²) in [5.41, 5.74) is 8.59. The second kappa shape index (κ2) is 7.11. The number of nitriles is 1. The predicted molar refractivity (Wildman–Crippen MR) is 131 cm³/mol. The smallest absolute Gasteiger partial charge is 0.157 e. The quantitative estimate of drug-likeness (QED) is 0.337. The highest BCUT2D eigenvalue weighted by Gasteiger charge is 2.20. The number of hydrogen-bond donors (Lipinski definition) is 0. The molecule has 0 bridgehead atoms. The largest absolute Gasteiger partial charge is 0.341 e. The summed E-state index contributed by atoms with van der Waals surface area (Å²) in [7, 11) is 0. The van der Waals surface area contributed by atoms with Crippen LogP contribution in [0.5, 0.6) is 0 Å². The highest BCUT2D eigenvalue weighted by molar-refractivity contribution is 6.00. The van der Waals surface area contributed by atoms with E-state index in [-0.39, 0.29) is 0 Å². The van der Waals surface area contributed by atoms with Crippen molar-refractivity contribution in [2.45, 2.75) is 6.92 Å². The van der Waals surface area contributed by atoms with E-state index in [1.54, 1.807) is 0 Å². The number of aromatic nitrogens is 2. The Labute approximate surface area is 186 Å². The van der Waals surface area contributed by atoms with Gasteiger partial charge in [0.15, 0.2) is 5.65 Å². The molecule has 4 heteroatoms. The molecule has 6 rings (SSSR count). The van der Waals surface area contributed by atoms with Crippen LogP contribution in [0.2, 0.25) is 0 Å². The topological polar surface area (TPSA) is 44.3 Å². The van der Waals surface area contributed by atoms with Gasteiger partial charge in [0.2, 0.25) is 0 Å². The van der Waals surface area contributed by atoms with Crippen molar-refractivity contribution in [3.63, 3.8) is 0 Å². The molecular formula is C28H20N4. The molecule has 0 amide bonds. The zero-order valence-electron chi connectivity index (χ0n) is 17.7. The Kier molecular flexibility index (Phi) is 4.09. The van der Waals surface area contributed by atoms with Crippen LogP contribution in [0.1, 0.15) is 23.6 Å². The number of fused-ring (bicyclic) bond motifs is 6. The molecule has 0 saturated carbocycles. The van der Waals surface area contributed by atoms with Gasteiger partial charge in [-0.25, -0.2) is 4.98 Å². The van der Waals surface area contributed by atoms with Gasteiger partial charge in [-0.2, -0.15) is 5.26 Å². The molecule has 1 aliphatic heterocycles. The summed E-state index contributed by atoms with van der Waals surface area (Å²) in [6.07, 6.45) is 6.41. The van der Waals surface area contributed by atoms with Crippen LogP contribution in [0.25, 0.3) is 39.7 Å². The van der Waals surface area contributed by atoms with Crippen LogP contribution in [-0.2, 0) is 0 Å². The Morgan fingerprint density at radius 1 is 0.906 bits per heavy atom. The fraction of sp³-hybridized carbons (Fsp3) is 0.0714. The van der Waals surface area contributed by atoms with E-state index in [1.807, 2.05) is 30.3 Å². The number of benzene rings is 3. The van der Waals surface area contributed by atoms with Gasteiger partial charge in [0, 0.05) is 28.9 Å². The first kappa shape index (κ1) is 18.4. The van der Waals surface area contributed by atoms with Gasteiger partial charge >= 0.3 is 0 Å². The lowest BCUT2D eigenvalue weighted by Crippen LogP contribution is -2.23. The summed E-state index contributed by atoms with van der Waals surface area (Å²) in [4.78, 5) is 7.13. The minimum absolute atomic E-state index is 0.593. The normalized spacial score (nSPS) is 14.4. The lowest BCUT2D eigenvalue weighted by Gasteiger charge is -2.29. The third-order valence-electron chi connectivity index (χ3n) is 6.18. The van der Waals surface area contributed by atoms with E-state index in [1.165, 1.54) is 11.3 Å². The predicted octanol–water partition coefficient (Wildman–Crippen LogP) is 6.41. The number of hydrogen-bond acceptors (Lipinski definition) is 3. The molecular weight excluding hydrogens is 392 g/mol. The monoisotopic (exact) mass is 412 g/mol. The summed E-state index contributed by atoms with van der Waals surface area (Å²) < 4.78 is 2.11. The van der Waals surface area contributed by atoms with Gasteiger partial charge in [-0.15, -0.1) is 0 Å². The fourth-order valence-electron chi connectivity index (χ4n) is 4.75. The molecule has 3 aromatic carbocycles. The van der Waals surface area contributed by atoms with Crippen LogP contribution >= 0.6 is 0 Å². The molecule has 0 atom stereocenters. The Bertz CT molecular complexity index is 1630. The zero-order chi connectivity index (χ0) is 21.7. The molecule has 0 saturated heterocycles. The summed E-state index contributed by atoms with van der Waals surface area (Å²) in [6, 6.07) is 27.2. The third-order valence-corrected chi connectivity index (χ3v) is 6.18. The lowest BCUT2D eigenvalue weighted by atomic mass is 9.99. The number of imidazole rings is 1. The molecule has 1 aliphatic rings. The molecule has 2 aromatic heterocycles. The summed E-state index contributed by atoms with van der Waals surface area (Å²) in [5, 5.41) is 11.3. The Morgan fingerprint density at radius 2 is 1.66 bits per heavy atom. The molecule has 0 N–H and O–H groups in total. The van der Waals surface area contributed by atoms with E-state index in [0.29, 0.717) is 11.2 Å². The summed E-state index contributed by atoms with van der Waals surface area (Å²) in [5.74, 6) is 0. The van der Waals surface area contributed by atoms with Gasteiger partial charge in [0.1, 0.15) is 11.6 Å². The maximum Gasteiger partial charge on any atom is 0.157 e. The standard InChI is InChI=1S/C28H20N4/c1-2-31-20(16-15-19-9-3-6-12-25(19)31)17-22-21-10-4-7-13-26(21)32-27-14-8-5-11-24(27)30-28(32)23(22)18-29/h3-17H,2H2,1H3/b20-17+. The van der Waals surface area contributed by atoms with Gasteiger partial charge in [-0.3, -0.25) is 4.40 Å². The minimum Gasteiger partial charge on any atom is -0.341 e. The number of nitrogens with zero attached hydrogens (tertiary/aromatic N) is 4. The van der Waals surface area contributed by atoms with Crippen LogP contribution in [0.3, 0.4) is 0 Å². The van der Waals surface area contributed by atoms with Gasteiger partial charge in [0.25, 0.3) is 0 Å². The SMILES string of the molecule is CCN1/C(=C/c2c(C#N)c3nc4ccccc4n3c3ccccc23)C=Cc2ccccc21. The first-order valence-corrected chi connectivity index (χ1v) is 10.8. The second-order valence-electron chi connectivity index (χ2n) is 7.88. The highest BCUT2D eigenvalue weighted by atomic mass is 15.1. The van der Waals surface area contributed by atoms with E-state index < -0.39 is 0 Å². The van der Waals surface area contributed by atoms with Gasteiger partial charge in [0.05, 0.1) is 16.6 Å². The maximum absolute atomic E-state index is 10.2. The van der Waals surface area contributed by atoms with E-state index in [0.717, 1.165) is 39.7 Å². The van der Waals surface area contributed by atoms with Gasteiger partial charge in [-0.1, -0.05) is 54.6 Å². The van der Waals surface area contributed by atoms with Crippen LogP contribution in [0, 0.1) is 11.3 Å². The van der Waals surface area contributed by atoms with Crippen molar-refractivity contribution >= 4 is 45.4 Å². The van der Waals surface area contributed by atoms with Crippen molar-refractivity contribution < 1.29 is 0 Å². The number of pyridine rings is 1. The molecule has 0 fully saturated rings. The van der Waals surface area contributed by atoms with Crippen molar-refractivity contribution in [1.82, 2.24) is 9.38 Å². The van der Waals surface area contributed by atoms with Gasteiger partial charge < -0.3 is 4.90 Å². The van der Waals surface area contributed by atoms with E-state index >= 15 is 0 Å². The first-order valence-electron chi connectivity index (χ1n) is 10.8. The molecule has 0 spiro atoms. The number of likely N-dealkylation sites (N-methyl/N-ethyl adjacent to an activating group) is 1. The number of para-hydroxylation sites is 4. The third kappa shape index (κ3) is 2.58. The molecule has 0 unspecified atom stereocenters. The second-order valence-corrected chi connectivity index (χ2v) is 7.88. The van der Waals surface area contributed by atoms with Crippen molar-refractivity contribution in [3.8, 4) is 6.07 Å². The highest BCUT2D eigenvalue weighted by Crippen LogP contribution is 2.35. The molecule has 0 radical (unpaired) electrons. The maximum atomic E-state index is 10.2. The van der Waals surface area contributed by atoms with Crippen molar-refractivity contribution in [1.29, 1.82) is 5.26 Å². The number of allylic oxidation sites excluding steroid dienone is 1. The lowest BCUT2D eigenvalue weighted by molar-refractivity contribution is 0.977. The Hall–Kier alpha value is -4.36. The van der Waals surface area contributed by atoms with E-state index in [2.05, 4.69) is 83.0 Å². The van der Waals surface area contributed by atoms with Crippen LogP contribution < -0.4 is 4.90 Å². The van der Waals surface area contributed by atoms with Crippen molar-refractivity contribution in [2.24, 2.45) is 0 Å². The number of rotatable bonds is 2. The molecule has 32 heavy (non-hydrogen) atoms. The molecule has 152 valence electrons. The average molecular weight is 412 g/mol. The molecule has 5 aromatic rings. The first-order chi connectivity index (χ1) is 15.8. The van der Waals surface area contributed by atoms with Gasteiger partial charge in [-0.05, 0) is 48.9 Å². The van der Waals surface area contributed by atoms with Crippen molar-refractivity contribution in [3.05, 3.63) is 101 Å². The Morgan fingerprint density at radius 3 is 2.50 bits per heavy atom.